The van der Waals surface area contributed by atoms with E-state index in [4.69, 9.17) is 0 Å². The van der Waals surface area contributed by atoms with Crippen LogP contribution in [0.1, 0.15) is 0 Å². The predicted molar refractivity (Wildman–Crippen MR) is 67.2 cm³/mol. The Bertz CT molecular complexity index is 726. The molecule has 17 heavy (non-hydrogen) atoms. The van der Waals surface area contributed by atoms with Gasteiger partial charge in [0.15, 0.2) is 0 Å². The van der Waals surface area contributed by atoms with Gasteiger partial charge in [-0.1, -0.05) is 18.2 Å². The fraction of sp³-hybridized carbons (Fsp3) is 0. The van der Waals surface area contributed by atoms with Crippen LogP contribution in [0.3, 0.4) is 0 Å². The Morgan fingerprint density at radius 1 is 1.06 bits per heavy atom. The third-order valence-electron chi connectivity index (χ3n) is 2.56. The molecule has 0 aliphatic heterocycles. The minimum atomic E-state index is -3.38. The zero-order valence-electron chi connectivity index (χ0n) is 8.78. The predicted octanol–water partition coefficient (Wildman–Crippen LogP) is 2.83. The Labute approximate surface area is 103 Å². The Kier molecular flexibility index (Phi) is 2.31. The summed E-state index contributed by atoms with van der Waals surface area (Å²) in [5.74, 6) is 0. The van der Waals surface area contributed by atoms with E-state index in [1.54, 1.807) is 42.6 Å². The number of hydrogen-bond acceptors (Lipinski definition) is 3. The van der Waals surface area contributed by atoms with Crippen molar-refractivity contribution < 1.29 is 8.42 Å². The molecule has 0 radical (unpaired) electrons. The Hall–Kier alpha value is -1.59. The van der Waals surface area contributed by atoms with Crippen molar-refractivity contribution >= 4 is 26.0 Å². The van der Waals surface area contributed by atoms with Gasteiger partial charge in [0.1, 0.15) is 4.83 Å². The summed E-state index contributed by atoms with van der Waals surface area (Å²) in [7, 11) is -3.38. The molecular formula is C12H9NO2S2. The molecule has 2 aromatic heterocycles. The van der Waals surface area contributed by atoms with Crippen LogP contribution in [0.2, 0.25) is 0 Å². The topological polar surface area (TPSA) is 38.5 Å². The molecule has 0 fully saturated rings. The molecule has 1 aromatic carbocycles. The first-order valence-electron chi connectivity index (χ1n) is 5.03. The summed E-state index contributed by atoms with van der Waals surface area (Å²) >= 11 is 1.52. The molecule has 86 valence electrons. The Morgan fingerprint density at radius 3 is 2.53 bits per heavy atom. The van der Waals surface area contributed by atoms with Crippen LogP contribution in [0.15, 0.2) is 64.0 Å². The van der Waals surface area contributed by atoms with E-state index in [0.717, 1.165) is 4.83 Å². The summed E-state index contributed by atoms with van der Waals surface area (Å²) in [6, 6.07) is 10.2. The molecule has 0 atom stereocenters. The molecule has 0 aliphatic rings. The fourth-order valence-electron chi connectivity index (χ4n) is 1.69. The zero-order valence-corrected chi connectivity index (χ0v) is 10.4. The van der Waals surface area contributed by atoms with Gasteiger partial charge in [-0.2, -0.15) is 0 Å². The summed E-state index contributed by atoms with van der Waals surface area (Å²) in [5.41, 5.74) is 0. The summed E-state index contributed by atoms with van der Waals surface area (Å²) in [4.78, 5) is 1.60. The maximum atomic E-state index is 12.3. The Morgan fingerprint density at radius 2 is 1.82 bits per heavy atom. The summed E-state index contributed by atoms with van der Waals surface area (Å²) in [6.07, 6.45) is 3.50. The van der Waals surface area contributed by atoms with Crippen molar-refractivity contribution in [2.24, 2.45) is 0 Å². The van der Waals surface area contributed by atoms with Gasteiger partial charge in [-0.15, -0.1) is 11.3 Å². The number of thiazole rings is 1. The van der Waals surface area contributed by atoms with Gasteiger partial charge in [-0.05, 0) is 18.2 Å². The first kappa shape index (κ1) is 10.6. The van der Waals surface area contributed by atoms with Crippen molar-refractivity contribution in [3.05, 3.63) is 54.2 Å². The zero-order chi connectivity index (χ0) is 11.9. The second-order valence-corrected chi connectivity index (χ2v) is 6.52. The van der Waals surface area contributed by atoms with Crippen LogP contribution in [0, 0.1) is 0 Å². The largest absolute Gasteiger partial charge is 0.313 e. The van der Waals surface area contributed by atoms with Gasteiger partial charge in [0.05, 0.1) is 9.79 Å². The quantitative estimate of drug-likeness (QED) is 0.713. The van der Waals surface area contributed by atoms with Gasteiger partial charge in [0.2, 0.25) is 9.84 Å². The molecule has 0 saturated carbocycles. The van der Waals surface area contributed by atoms with Crippen LogP contribution in [0.5, 0.6) is 0 Å². The van der Waals surface area contributed by atoms with E-state index in [2.05, 4.69) is 0 Å². The van der Waals surface area contributed by atoms with Crippen molar-refractivity contribution in [3.8, 4) is 0 Å². The van der Waals surface area contributed by atoms with Crippen molar-refractivity contribution in [1.29, 1.82) is 0 Å². The lowest BCUT2D eigenvalue weighted by Crippen LogP contribution is -1.99. The highest BCUT2D eigenvalue weighted by Gasteiger charge is 2.19. The van der Waals surface area contributed by atoms with Crippen LogP contribution >= 0.6 is 11.3 Å². The van der Waals surface area contributed by atoms with Crippen molar-refractivity contribution in [3.63, 3.8) is 0 Å². The number of benzene rings is 1. The molecule has 0 spiro atoms. The molecular weight excluding hydrogens is 254 g/mol. The molecule has 0 N–H and O–H groups in total. The fourth-order valence-corrected chi connectivity index (χ4v) is 3.84. The molecule has 0 bridgehead atoms. The molecule has 0 unspecified atom stereocenters. The summed E-state index contributed by atoms with van der Waals surface area (Å²) < 4.78 is 26.4. The number of rotatable bonds is 2. The van der Waals surface area contributed by atoms with E-state index >= 15 is 0 Å². The molecule has 0 amide bonds. The molecule has 5 heteroatoms. The SMILES string of the molecule is O=S(=O)(c1ccccc1)c1cc2sccn2c1. The number of sulfone groups is 1. The highest BCUT2D eigenvalue weighted by atomic mass is 32.2. The average molecular weight is 263 g/mol. The molecule has 0 saturated heterocycles. The minimum Gasteiger partial charge on any atom is -0.313 e. The van der Waals surface area contributed by atoms with E-state index in [9.17, 15) is 8.42 Å². The van der Waals surface area contributed by atoms with Gasteiger partial charge < -0.3 is 4.40 Å². The first-order valence-corrected chi connectivity index (χ1v) is 7.39. The normalized spacial score (nSPS) is 12.0. The third-order valence-corrected chi connectivity index (χ3v) is 5.13. The number of aromatic nitrogens is 1. The van der Waals surface area contributed by atoms with Crippen molar-refractivity contribution in [2.45, 2.75) is 9.79 Å². The van der Waals surface area contributed by atoms with Crippen LogP contribution in [0.4, 0.5) is 0 Å². The highest BCUT2D eigenvalue weighted by molar-refractivity contribution is 7.91. The van der Waals surface area contributed by atoms with E-state index in [1.807, 2.05) is 16.0 Å². The third kappa shape index (κ3) is 1.67. The van der Waals surface area contributed by atoms with E-state index in [1.165, 1.54) is 11.3 Å². The first-order chi connectivity index (χ1) is 8.18. The molecule has 3 aromatic rings. The molecule has 3 nitrogen and oxygen atoms in total. The van der Waals surface area contributed by atoms with Gasteiger partial charge in [-0.3, -0.25) is 0 Å². The van der Waals surface area contributed by atoms with Crippen LogP contribution in [0.25, 0.3) is 4.83 Å². The molecule has 2 heterocycles. The number of nitrogens with zero attached hydrogens (tertiary/aromatic N) is 1. The second kappa shape index (κ2) is 3.72. The van der Waals surface area contributed by atoms with Gasteiger partial charge in [0, 0.05) is 17.8 Å². The lowest BCUT2D eigenvalue weighted by molar-refractivity contribution is 0.596. The van der Waals surface area contributed by atoms with Gasteiger partial charge in [-0.25, -0.2) is 8.42 Å². The average Bonchev–Trinajstić information content (AvgIpc) is 2.90. The smallest absolute Gasteiger partial charge is 0.208 e. The van der Waals surface area contributed by atoms with Gasteiger partial charge in [0.25, 0.3) is 0 Å². The standard InChI is InChI=1S/C12H9NO2S2/c14-17(15,10-4-2-1-3-5-10)11-8-12-13(9-11)6-7-16-12/h1-9H. The Balaban J connectivity index is 2.19. The van der Waals surface area contributed by atoms with Gasteiger partial charge >= 0.3 is 0 Å². The number of fused-ring (bicyclic) bond motifs is 1. The summed E-state index contributed by atoms with van der Waals surface area (Å²) in [5, 5.41) is 1.92. The van der Waals surface area contributed by atoms with Crippen LogP contribution in [-0.2, 0) is 9.84 Å². The maximum absolute atomic E-state index is 12.3. The van der Waals surface area contributed by atoms with E-state index in [0.29, 0.717) is 9.79 Å². The lowest BCUT2D eigenvalue weighted by atomic mass is 10.4. The van der Waals surface area contributed by atoms with Crippen LogP contribution < -0.4 is 0 Å². The molecule has 0 aliphatic carbocycles. The minimum absolute atomic E-state index is 0.332. The lowest BCUT2D eigenvalue weighted by Gasteiger charge is -2.00. The maximum Gasteiger partial charge on any atom is 0.208 e. The van der Waals surface area contributed by atoms with Crippen molar-refractivity contribution in [1.82, 2.24) is 4.40 Å². The van der Waals surface area contributed by atoms with E-state index < -0.39 is 9.84 Å². The monoisotopic (exact) mass is 263 g/mol. The number of hydrogen-bond donors (Lipinski definition) is 0. The van der Waals surface area contributed by atoms with Crippen LogP contribution in [-0.4, -0.2) is 12.8 Å². The summed E-state index contributed by atoms with van der Waals surface area (Å²) in [6.45, 7) is 0. The molecule has 3 rings (SSSR count). The highest BCUT2D eigenvalue weighted by Crippen LogP contribution is 2.24. The van der Waals surface area contributed by atoms with Crippen molar-refractivity contribution in [2.75, 3.05) is 0 Å². The van der Waals surface area contributed by atoms with E-state index in [-0.39, 0.29) is 0 Å². The second-order valence-electron chi connectivity index (χ2n) is 3.64.